The highest BCUT2D eigenvalue weighted by molar-refractivity contribution is 5.39. The minimum absolute atomic E-state index is 0.986. The first-order valence-electron chi connectivity index (χ1n) is 13.7. The molecule has 0 atom stereocenters. The molecule has 0 unspecified atom stereocenters. The molecule has 2 fully saturated rings. The first-order valence-corrected chi connectivity index (χ1v) is 13.7. The number of benzene rings is 1. The Morgan fingerprint density at radius 2 is 0.833 bits per heavy atom. The van der Waals surface area contributed by atoms with Gasteiger partial charge >= 0.3 is 0 Å². The second-order valence-corrected chi connectivity index (χ2v) is 11.1. The maximum Gasteiger partial charge on any atom is -0.0274 e. The van der Waals surface area contributed by atoms with Crippen LogP contribution in [-0.4, -0.2) is 0 Å². The summed E-state index contributed by atoms with van der Waals surface area (Å²) < 4.78 is 0. The highest BCUT2D eigenvalue weighted by Gasteiger charge is 2.22. The Morgan fingerprint density at radius 3 is 1.13 bits per heavy atom. The number of hydrogen-bond donors (Lipinski definition) is 0. The van der Waals surface area contributed by atoms with Gasteiger partial charge in [-0.15, -0.1) is 0 Å². The van der Waals surface area contributed by atoms with E-state index in [1.165, 1.54) is 103 Å². The molecule has 0 nitrogen and oxygen atoms in total. The summed E-state index contributed by atoms with van der Waals surface area (Å²) in [5.74, 6) is 4.05. The van der Waals surface area contributed by atoms with Gasteiger partial charge in [0.25, 0.3) is 0 Å². The average Bonchev–Trinajstić information content (AvgIpc) is 2.76. The van der Waals surface area contributed by atoms with Crippen molar-refractivity contribution < 1.29 is 0 Å². The predicted molar refractivity (Wildman–Crippen MR) is 133 cm³/mol. The van der Waals surface area contributed by atoms with Crippen molar-refractivity contribution in [3.8, 4) is 0 Å². The summed E-state index contributed by atoms with van der Waals surface area (Å²) in [7, 11) is 0. The molecule has 1 aromatic rings. The molecule has 0 heteroatoms. The van der Waals surface area contributed by atoms with Gasteiger partial charge in [-0.1, -0.05) is 103 Å². The van der Waals surface area contributed by atoms with E-state index in [9.17, 15) is 0 Å². The van der Waals surface area contributed by atoms with Crippen LogP contribution in [0.5, 0.6) is 0 Å². The van der Waals surface area contributed by atoms with Crippen molar-refractivity contribution >= 4 is 0 Å². The Balaban J connectivity index is 1.44. The molecule has 2 aliphatic rings. The van der Waals surface area contributed by atoms with Gasteiger partial charge in [-0.3, -0.25) is 0 Å². The van der Waals surface area contributed by atoms with Crippen LogP contribution in [0.4, 0.5) is 0 Å². The number of rotatable bonds is 10. The van der Waals surface area contributed by atoms with E-state index in [-0.39, 0.29) is 0 Å². The molecule has 0 heterocycles. The third-order valence-corrected chi connectivity index (χ3v) is 8.98. The van der Waals surface area contributed by atoms with Gasteiger partial charge in [0.1, 0.15) is 0 Å². The Hall–Kier alpha value is -0.780. The maximum absolute atomic E-state index is 2.48. The van der Waals surface area contributed by atoms with Crippen molar-refractivity contribution in [3.05, 3.63) is 34.4 Å². The third-order valence-electron chi connectivity index (χ3n) is 8.98. The van der Waals surface area contributed by atoms with Crippen molar-refractivity contribution in [3.63, 3.8) is 0 Å². The van der Waals surface area contributed by atoms with Gasteiger partial charge < -0.3 is 0 Å². The Bertz CT molecular complexity index is 556. The zero-order chi connectivity index (χ0) is 21.3. The molecule has 2 aliphatic carbocycles. The van der Waals surface area contributed by atoms with Crippen LogP contribution in [0.1, 0.15) is 126 Å². The van der Waals surface area contributed by atoms with E-state index in [1.54, 1.807) is 22.3 Å². The Kier molecular flexibility index (Phi) is 9.79. The predicted octanol–water partition coefficient (Wildman–Crippen LogP) is 9.38. The quantitative estimate of drug-likeness (QED) is 0.360. The summed E-state index contributed by atoms with van der Waals surface area (Å²) in [6.45, 7) is 9.47. The summed E-state index contributed by atoms with van der Waals surface area (Å²) in [4.78, 5) is 0. The molecular weight excluding hydrogens is 360 g/mol. The third kappa shape index (κ3) is 6.86. The molecular formula is C30H50. The minimum atomic E-state index is 0.986. The molecule has 0 spiro atoms. The lowest BCUT2D eigenvalue weighted by Gasteiger charge is -2.29. The first-order chi connectivity index (χ1) is 14.6. The van der Waals surface area contributed by atoms with E-state index in [1.807, 2.05) is 0 Å². The largest absolute Gasteiger partial charge is 0.0654 e. The lowest BCUT2D eigenvalue weighted by Crippen LogP contribution is -2.15. The van der Waals surface area contributed by atoms with Crippen molar-refractivity contribution in [1.82, 2.24) is 0 Å². The molecule has 0 aromatic heterocycles. The van der Waals surface area contributed by atoms with E-state index in [2.05, 4.69) is 39.8 Å². The van der Waals surface area contributed by atoms with Gasteiger partial charge in [-0.2, -0.15) is 0 Å². The van der Waals surface area contributed by atoms with Gasteiger partial charge in [0.05, 0.1) is 0 Å². The van der Waals surface area contributed by atoms with Gasteiger partial charge in [-0.05, 0) is 85.5 Å². The van der Waals surface area contributed by atoms with Crippen LogP contribution >= 0.6 is 0 Å². The molecule has 2 saturated carbocycles. The summed E-state index contributed by atoms with van der Waals surface area (Å²) in [5, 5.41) is 0. The fourth-order valence-corrected chi connectivity index (χ4v) is 6.63. The monoisotopic (exact) mass is 410 g/mol. The second kappa shape index (κ2) is 12.3. The fraction of sp³-hybridized carbons (Fsp3) is 0.800. The molecule has 0 radical (unpaired) electrons. The summed E-state index contributed by atoms with van der Waals surface area (Å²) in [6.07, 6.45) is 23.1. The molecule has 0 N–H and O–H groups in total. The van der Waals surface area contributed by atoms with Crippen LogP contribution in [-0.2, 0) is 12.8 Å². The second-order valence-electron chi connectivity index (χ2n) is 11.1. The SMILES string of the molecule is CCCC1CCC(CCc2ccc(CCC3CCC(CCC)CC3)c(C)c2C)CC1. The molecule has 0 amide bonds. The van der Waals surface area contributed by atoms with Gasteiger partial charge in [0.2, 0.25) is 0 Å². The van der Waals surface area contributed by atoms with E-state index < -0.39 is 0 Å². The molecule has 3 rings (SSSR count). The minimum Gasteiger partial charge on any atom is -0.0654 e. The van der Waals surface area contributed by atoms with Gasteiger partial charge in [0, 0.05) is 0 Å². The highest BCUT2D eigenvalue weighted by atomic mass is 14.3. The summed E-state index contributed by atoms with van der Waals surface area (Å²) in [6, 6.07) is 4.97. The lowest BCUT2D eigenvalue weighted by molar-refractivity contribution is 0.252. The smallest absolute Gasteiger partial charge is 0.0274 e. The van der Waals surface area contributed by atoms with Gasteiger partial charge in [0.15, 0.2) is 0 Å². The zero-order valence-corrected chi connectivity index (χ0v) is 20.8. The molecule has 170 valence electrons. The van der Waals surface area contributed by atoms with Crippen LogP contribution in [0.2, 0.25) is 0 Å². The van der Waals surface area contributed by atoms with Crippen LogP contribution in [0, 0.1) is 37.5 Å². The Labute approximate surface area is 188 Å². The first kappa shape index (κ1) is 23.9. The lowest BCUT2D eigenvalue weighted by atomic mass is 9.77. The molecule has 0 bridgehead atoms. The summed E-state index contributed by atoms with van der Waals surface area (Å²) >= 11 is 0. The normalized spacial score (nSPS) is 27.3. The average molecular weight is 411 g/mol. The maximum atomic E-state index is 2.48. The molecule has 30 heavy (non-hydrogen) atoms. The van der Waals surface area contributed by atoms with E-state index >= 15 is 0 Å². The van der Waals surface area contributed by atoms with E-state index in [0.29, 0.717) is 0 Å². The van der Waals surface area contributed by atoms with E-state index in [0.717, 1.165) is 23.7 Å². The van der Waals surface area contributed by atoms with Gasteiger partial charge in [-0.25, -0.2) is 0 Å². The van der Waals surface area contributed by atoms with Crippen molar-refractivity contribution in [2.24, 2.45) is 23.7 Å². The van der Waals surface area contributed by atoms with Crippen molar-refractivity contribution in [2.45, 2.75) is 130 Å². The molecule has 1 aromatic carbocycles. The van der Waals surface area contributed by atoms with Crippen LogP contribution in [0.15, 0.2) is 12.1 Å². The molecule has 0 aliphatic heterocycles. The molecule has 0 saturated heterocycles. The van der Waals surface area contributed by atoms with Crippen LogP contribution in [0.25, 0.3) is 0 Å². The topological polar surface area (TPSA) is 0 Å². The summed E-state index contributed by atoms with van der Waals surface area (Å²) in [5.41, 5.74) is 6.46. The number of aryl methyl sites for hydroxylation is 2. The van der Waals surface area contributed by atoms with Crippen molar-refractivity contribution in [1.29, 1.82) is 0 Å². The standard InChI is InChI=1S/C30H50/c1-5-7-25-9-13-27(14-10-25)17-19-29-21-22-30(24(4)23(29)3)20-18-28-15-11-26(8-6-2)12-16-28/h21-22,25-28H,5-20H2,1-4H3. The highest BCUT2D eigenvalue weighted by Crippen LogP contribution is 2.36. The van der Waals surface area contributed by atoms with Crippen molar-refractivity contribution in [2.75, 3.05) is 0 Å². The van der Waals surface area contributed by atoms with E-state index in [4.69, 9.17) is 0 Å². The zero-order valence-electron chi connectivity index (χ0n) is 20.8. The van der Waals surface area contributed by atoms with Crippen LogP contribution < -0.4 is 0 Å². The number of hydrogen-bond acceptors (Lipinski definition) is 0. The Morgan fingerprint density at radius 1 is 0.533 bits per heavy atom. The van der Waals surface area contributed by atoms with Crippen LogP contribution in [0.3, 0.4) is 0 Å². The fourth-order valence-electron chi connectivity index (χ4n) is 6.63.